The zero-order chi connectivity index (χ0) is 17.7. The molecule has 0 aromatic heterocycles. The van der Waals surface area contributed by atoms with Crippen LogP contribution in [-0.4, -0.2) is 20.2 Å². The van der Waals surface area contributed by atoms with Gasteiger partial charge in [-0.05, 0) is 50.0 Å². The summed E-state index contributed by atoms with van der Waals surface area (Å²) in [7, 11) is -1.87. The molecular weight excluding hydrogens is 300 g/mol. The molecule has 0 saturated heterocycles. The predicted octanol–water partition coefficient (Wildman–Crippen LogP) is 6.19. The van der Waals surface area contributed by atoms with Gasteiger partial charge >= 0.3 is 0 Å². The maximum Gasteiger partial charge on any atom is 0.193 e. The van der Waals surface area contributed by atoms with Crippen molar-refractivity contribution < 1.29 is 9.22 Å². The van der Waals surface area contributed by atoms with E-state index in [0.29, 0.717) is 0 Å². The van der Waals surface area contributed by atoms with Gasteiger partial charge in [0, 0.05) is 5.57 Å². The number of allylic oxidation sites excluding steroid dienone is 2. The fourth-order valence-electron chi connectivity index (χ4n) is 2.67. The maximum atomic E-state index is 12.3. The van der Waals surface area contributed by atoms with Gasteiger partial charge in [0.15, 0.2) is 14.1 Å². The molecule has 0 spiro atoms. The third kappa shape index (κ3) is 5.72. The lowest BCUT2D eigenvalue weighted by molar-refractivity contribution is -0.111. The van der Waals surface area contributed by atoms with Crippen molar-refractivity contribution in [2.45, 2.75) is 97.4 Å². The van der Waals surface area contributed by atoms with Gasteiger partial charge in [0.25, 0.3) is 0 Å². The molecular formula is C20H36O2Si. The number of unbranched alkanes of at least 4 members (excludes halogenated alkanes) is 4. The minimum Gasteiger partial charge on any atom is -0.406 e. The summed E-state index contributed by atoms with van der Waals surface area (Å²) in [5, 5.41) is 0.158. The highest BCUT2D eigenvalue weighted by Gasteiger charge is 2.41. The first-order valence-corrected chi connectivity index (χ1v) is 12.1. The Morgan fingerprint density at radius 1 is 1.17 bits per heavy atom. The van der Waals surface area contributed by atoms with Gasteiger partial charge in [0.05, 0.1) is 6.10 Å². The van der Waals surface area contributed by atoms with Crippen molar-refractivity contribution in [2.75, 3.05) is 0 Å². The molecule has 23 heavy (non-hydrogen) atoms. The summed E-state index contributed by atoms with van der Waals surface area (Å²) in [6, 6.07) is 0. The molecule has 0 aromatic carbocycles. The van der Waals surface area contributed by atoms with E-state index in [-0.39, 0.29) is 16.9 Å². The molecule has 0 aromatic rings. The fraction of sp³-hybridized carbons (Fsp3) is 0.750. The predicted molar refractivity (Wildman–Crippen MR) is 102 cm³/mol. The quantitative estimate of drug-likeness (QED) is 0.300. The summed E-state index contributed by atoms with van der Waals surface area (Å²) in [4.78, 5) is 12.3. The smallest absolute Gasteiger partial charge is 0.193 e. The number of carbonyl (C=O) groups excluding carboxylic acids is 1. The van der Waals surface area contributed by atoms with Crippen LogP contribution in [0, 0.1) is 0 Å². The Kier molecular flexibility index (Phi) is 7.47. The Balaban J connectivity index is 2.75. The lowest BCUT2D eigenvalue weighted by Gasteiger charge is -2.38. The summed E-state index contributed by atoms with van der Waals surface area (Å²) < 4.78 is 6.49. The van der Waals surface area contributed by atoms with Crippen molar-refractivity contribution in [3.05, 3.63) is 23.3 Å². The van der Waals surface area contributed by atoms with Crippen molar-refractivity contribution in [1.29, 1.82) is 0 Å². The molecule has 3 heteroatoms. The van der Waals surface area contributed by atoms with Crippen LogP contribution in [-0.2, 0) is 9.22 Å². The molecule has 2 nitrogen and oxygen atoms in total. The van der Waals surface area contributed by atoms with Crippen LogP contribution in [0.3, 0.4) is 0 Å². The van der Waals surface area contributed by atoms with Crippen LogP contribution < -0.4 is 0 Å². The SMILES string of the molecule is CCCCCCC/C(C)=C1\C(=O)C=CC1O[Si](C)(C)C(C)(C)C. The van der Waals surface area contributed by atoms with E-state index >= 15 is 0 Å². The first-order valence-electron chi connectivity index (χ1n) is 9.20. The maximum absolute atomic E-state index is 12.3. The Bertz CT molecular complexity index is 467. The van der Waals surface area contributed by atoms with E-state index in [2.05, 4.69) is 47.7 Å². The second-order valence-corrected chi connectivity index (χ2v) is 13.1. The Hall–Kier alpha value is -0.673. The van der Waals surface area contributed by atoms with Crippen LogP contribution in [0.25, 0.3) is 0 Å². The average molecular weight is 337 g/mol. The van der Waals surface area contributed by atoms with Crippen LogP contribution in [0.2, 0.25) is 18.1 Å². The lowest BCUT2D eigenvalue weighted by atomic mass is 9.99. The molecule has 0 bridgehead atoms. The summed E-state index contributed by atoms with van der Waals surface area (Å²) in [5.74, 6) is 0.153. The second-order valence-electron chi connectivity index (χ2n) is 8.38. The van der Waals surface area contributed by atoms with Crippen molar-refractivity contribution in [2.24, 2.45) is 0 Å². The van der Waals surface area contributed by atoms with Crippen LogP contribution in [0.5, 0.6) is 0 Å². The summed E-state index contributed by atoms with van der Waals surface area (Å²) >= 11 is 0. The third-order valence-corrected chi connectivity index (χ3v) is 9.77. The van der Waals surface area contributed by atoms with Crippen LogP contribution in [0.1, 0.15) is 73.1 Å². The van der Waals surface area contributed by atoms with Gasteiger partial charge < -0.3 is 4.43 Å². The highest BCUT2D eigenvalue weighted by Crippen LogP contribution is 2.39. The van der Waals surface area contributed by atoms with Crippen LogP contribution in [0.15, 0.2) is 23.3 Å². The molecule has 1 unspecified atom stereocenters. The summed E-state index contributed by atoms with van der Waals surface area (Å²) in [5.41, 5.74) is 2.13. The Morgan fingerprint density at radius 3 is 2.35 bits per heavy atom. The number of ketones is 1. The van der Waals surface area contributed by atoms with Gasteiger partial charge in [-0.2, -0.15) is 0 Å². The number of hydrogen-bond acceptors (Lipinski definition) is 2. The molecule has 1 aliphatic carbocycles. The number of hydrogen-bond donors (Lipinski definition) is 0. The molecule has 0 radical (unpaired) electrons. The Labute approximate surface area is 144 Å². The van der Waals surface area contributed by atoms with E-state index in [1.807, 2.05) is 6.08 Å². The van der Waals surface area contributed by atoms with E-state index in [4.69, 9.17) is 4.43 Å². The number of carbonyl (C=O) groups is 1. The first-order chi connectivity index (χ1) is 10.6. The van der Waals surface area contributed by atoms with Crippen LogP contribution >= 0.6 is 0 Å². The van der Waals surface area contributed by atoms with Gasteiger partial charge in [-0.25, -0.2) is 0 Å². The second kappa shape index (κ2) is 8.43. The molecule has 0 amide bonds. The van der Waals surface area contributed by atoms with E-state index in [9.17, 15) is 4.79 Å². The highest BCUT2D eigenvalue weighted by atomic mass is 28.4. The van der Waals surface area contributed by atoms with Gasteiger partial charge in [-0.15, -0.1) is 0 Å². The number of rotatable bonds is 8. The minimum absolute atomic E-state index is 0.126. The molecule has 1 atom stereocenters. The lowest BCUT2D eigenvalue weighted by Crippen LogP contribution is -2.43. The zero-order valence-corrected chi connectivity index (χ0v) is 17.3. The van der Waals surface area contributed by atoms with Gasteiger partial charge in [0.2, 0.25) is 0 Å². The standard InChI is InChI=1S/C20H36O2Si/c1-8-9-10-11-12-13-16(2)19-17(21)14-15-18(19)22-23(6,7)20(3,4)5/h14-15,18H,8-13H2,1-7H3/b19-16+. The zero-order valence-electron chi connectivity index (χ0n) is 16.3. The molecule has 132 valence electrons. The summed E-state index contributed by atoms with van der Waals surface area (Å²) in [6.45, 7) is 15.6. The van der Waals surface area contributed by atoms with Crippen molar-refractivity contribution in [1.82, 2.24) is 0 Å². The van der Waals surface area contributed by atoms with Crippen molar-refractivity contribution in [3.8, 4) is 0 Å². The molecule has 1 rings (SSSR count). The Morgan fingerprint density at radius 2 is 1.78 bits per heavy atom. The molecule has 0 aliphatic heterocycles. The molecule has 0 saturated carbocycles. The van der Waals surface area contributed by atoms with E-state index in [0.717, 1.165) is 12.0 Å². The first kappa shape index (κ1) is 20.4. The van der Waals surface area contributed by atoms with Crippen molar-refractivity contribution >= 4 is 14.1 Å². The minimum atomic E-state index is -1.87. The van der Waals surface area contributed by atoms with Gasteiger partial charge in [-0.1, -0.05) is 59.0 Å². The summed E-state index contributed by atoms with van der Waals surface area (Å²) in [6.07, 6.45) is 10.9. The van der Waals surface area contributed by atoms with Gasteiger partial charge in [0.1, 0.15) is 0 Å². The third-order valence-electron chi connectivity index (χ3n) is 5.32. The molecule has 0 fully saturated rings. The van der Waals surface area contributed by atoms with E-state index < -0.39 is 8.32 Å². The van der Waals surface area contributed by atoms with E-state index in [1.54, 1.807) is 6.08 Å². The molecule has 0 N–H and O–H groups in total. The van der Waals surface area contributed by atoms with Crippen LogP contribution in [0.4, 0.5) is 0 Å². The monoisotopic (exact) mass is 336 g/mol. The normalized spacial score (nSPS) is 21.2. The average Bonchev–Trinajstić information content (AvgIpc) is 2.77. The molecule has 1 aliphatic rings. The van der Waals surface area contributed by atoms with Gasteiger partial charge in [-0.3, -0.25) is 4.79 Å². The molecule has 0 heterocycles. The van der Waals surface area contributed by atoms with E-state index in [1.165, 1.54) is 37.7 Å². The largest absolute Gasteiger partial charge is 0.406 e. The topological polar surface area (TPSA) is 26.3 Å². The highest BCUT2D eigenvalue weighted by molar-refractivity contribution is 6.74. The fourth-order valence-corrected chi connectivity index (χ4v) is 3.86. The van der Waals surface area contributed by atoms with Crippen molar-refractivity contribution in [3.63, 3.8) is 0 Å².